The number of carbonyl (C=O) groups excluding carboxylic acids is 1. The molecule has 1 amide bonds. The smallest absolute Gasteiger partial charge is 0.217 e. The van der Waals surface area contributed by atoms with Gasteiger partial charge in [0.25, 0.3) is 0 Å². The summed E-state index contributed by atoms with van der Waals surface area (Å²) in [7, 11) is 0. The molecule has 4 nitrogen and oxygen atoms in total. The fourth-order valence-corrected chi connectivity index (χ4v) is 1.81. The number of hydrogen-bond acceptors (Lipinski definition) is 3. The number of benzene rings is 1. The van der Waals surface area contributed by atoms with E-state index >= 15 is 0 Å². The van der Waals surface area contributed by atoms with Crippen LogP contribution in [0.2, 0.25) is 0 Å². The van der Waals surface area contributed by atoms with Crippen LogP contribution in [0.25, 0.3) is 0 Å². The van der Waals surface area contributed by atoms with Crippen molar-refractivity contribution in [2.24, 2.45) is 11.5 Å². The maximum atomic E-state index is 10.6. The molecule has 4 heteroatoms. The monoisotopic (exact) mass is 250 g/mol. The van der Waals surface area contributed by atoms with Crippen LogP contribution in [0.1, 0.15) is 44.2 Å². The van der Waals surface area contributed by atoms with E-state index in [1.54, 1.807) is 0 Å². The van der Waals surface area contributed by atoms with Gasteiger partial charge in [-0.15, -0.1) is 0 Å². The topological polar surface area (TPSA) is 78.3 Å². The first-order valence-electron chi connectivity index (χ1n) is 6.40. The Kier molecular flexibility index (Phi) is 6.22. The van der Waals surface area contributed by atoms with Crippen LogP contribution in [0.15, 0.2) is 24.3 Å². The molecule has 0 saturated heterocycles. The van der Waals surface area contributed by atoms with Crippen LogP contribution in [-0.4, -0.2) is 12.5 Å². The molecular weight excluding hydrogens is 228 g/mol. The van der Waals surface area contributed by atoms with Crippen LogP contribution in [0.3, 0.4) is 0 Å². The van der Waals surface area contributed by atoms with E-state index in [2.05, 4.69) is 0 Å². The van der Waals surface area contributed by atoms with E-state index in [4.69, 9.17) is 16.2 Å². The van der Waals surface area contributed by atoms with Gasteiger partial charge in [-0.25, -0.2) is 0 Å². The van der Waals surface area contributed by atoms with Crippen molar-refractivity contribution >= 4 is 5.91 Å². The van der Waals surface area contributed by atoms with Gasteiger partial charge in [0.2, 0.25) is 5.91 Å². The molecule has 0 spiro atoms. The normalized spacial score (nSPS) is 12.1. The van der Waals surface area contributed by atoms with Gasteiger partial charge in [-0.3, -0.25) is 4.79 Å². The zero-order valence-corrected chi connectivity index (χ0v) is 10.9. The molecule has 0 bridgehead atoms. The highest BCUT2D eigenvalue weighted by atomic mass is 16.5. The zero-order chi connectivity index (χ0) is 13.4. The minimum Gasteiger partial charge on any atom is -0.494 e. The van der Waals surface area contributed by atoms with Crippen molar-refractivity contribution in [1.29, 1.82) is 0 Å². The first kappa shape index (κ1) is 14.5. The second-order valence-electron chi connectivity index (χ2n) is 4.32. The SMILES string of the molecule is CCOc1ccc(C(N)CCCCC(N)=O)cc1. The summed E-state index contributed by atoms with van der Waals surface area (Å²) in [4.78, 5) is 10.6. The molecule has 0 aliphatic carbocycles. The van der Waals surface area contributed by atoms with Crippen LogP contribution >= 0.6 is 0 Å². The maximum Gasteiger partial charge on any atom is 0.217 e. The van der Waals surface area contributed by atoms with E-state index in [1.165, 1.54) is 0 Å². The van der Waals surface area contributed by atoms with Gasteiger partial charge in [-0.2, -0.15) is 0 Å². The molecule has 0 fully saturated rings. The Balaban J connectivity index is 2.36. The van der Waals surface area contributed by atoms with E-state index in [-0.39, 0.29) is 11.9 Å². The lowest BCUT2D eigenvalue weighted by atomic mass is 10.0. The lowest BCUT2D eigenvalue weighted by molar-refractivity contribution is -0.118. The molecule has 1 aromatic rings. The summed E-state index contributed by atoms with van der Waals surface area (Å²) in [6, 6.07) is 7.85. The molecule has 4 N–H and O–H groups in total. The molecule has 1 atom stereocenters. The number of amides is 1. The lowest BCUT2D eigenvalue weighted by Crippen LogP contribution is -2.12. The molecule has 0 aliphatic heterocycles. The molecular formula is C14H22N2O2. The highest BCUT2D eigenvalue weighted by Crippen LogP contribution is 2.20. The maximum absolute atomic E-state index is 10.6. The molecule has 100 valence electrons. The molecule has 0 aliphatic rings. The van der Waals surface area contributed by atoms with Crippen molar-refractivity contribution in [3.8, 4) is 5.75 Å². The van der Waals surface area contributed by atoms with Crippen LogP contribution in [0, 0.1) is 0 Å². The van der Waals surface area contributed by atoms with Gasteiger partial charge in [0.1, 0.15) is 5.75 Å². The molecule has 1 rings (SSSR count). The molecule has 1 aromatic carbocycles. The van der Waals surface area contributed by atoms with Crippen molar-refractivity contribution in [2.75, 3.05) is 6.61 Å². The van der Waals surface area contributed by atoms with E-state index in [0.717, 1.165) is 30.6 Å². The fourth-order valence-electron chi connectivity index (χ4n) is 1.81. The summed E-state index contributed by atoms with van der Waals surface area (Å²) < 4.78 is 5.37. The quantitative estimate of drug-likeness (QED) is 0.694. The molecule has 0 radical (unpaired) electrons. The third-order valence-corrected chi connectivity index (χ3v) is 2.81. The lowest BCUT2D eigenvalue weighted by Gasteiger charge is -2.12. The summed E-state index contributed by atoms with van der Waals surface area (Å²) in [5, 5.41) is 0. The van der Waals surface area contributed by atoms with Crippen molar-refractivity contribution < 1.29 is 9.53 Å². The molecule has 0 aromatic heterocycles. The number of rotatable bonds is 8. The Morgan fingerprint density at radius 2 is 1.94 bits per heavy atom. The summed E-state index contributed by atoms with van der Waals surface area (Å²) in [6.45, 7) is 2.62. The molecule has 0 heterocycles. The van der Waals surface area contributed by atoms with Crippen LogP contribution in [0.4, 0.5) is 0 Å². The number of primary amides is 1. The van der Waals surface area contributed by atoms with E-state index in [9.17, 15) is 4.79 Å². The number of hydrogen-bond donors (Lipinski definition) is 2. The minimum atomic E-state index is -0.246. The number of unbranched alkanes of at least 4 members (excludes halogenated alkanes) is 1. The number of nitrogens with two attached hydrogens (primary N) is 2. The van der Waals surface area contributed by atoms with Crippen molar-refractivity contribution in [2.45, 2.75) is 38.6 Å². The fraction of sp³-hybridized carbons (Fsp3) is 0.500. The minimum absolute atomic E-state index is 0.00792. The van der Waals surface area contributed by atoms with Crippen LogP contribution in [0.5, 0.6) is 5.75 Å². The van der Waals surface area contributed by atoms with Crippen LogP contribution < -0.4 is 16.2 Å². The van der Waals surface area contributed by atoms with Gasteiger partial charge >= 0.3 is 0 Å². The van der Waals surface area contributed by atoms with Gasteiger partial charge in [0.05, 0.1) is 6.61 Å². The first-order valence-corrected chi connectivity index (χ1v) is 6.40. The second kappa shape index (κ2) is 7.71. The van der Waals surface area contributed by atoms with E-state index < -0.39 is 0 Å². The second-order valence-corrected chi connectivity index (χ2v) is 4.32. The Labute approximate surface area is 108 Å². The zero-order valence-electron chi connectivity index (χ0n) is 10.9. The Hall–Kier alpha value is -1.55. The molecule has 0 saturated carbocycles. The van der Waals surface area contributed by atoms with Gasteiger partial charge in [-0.1, -0.05) is 18.6 Å². The van der Waals surface area contributed by atoms with Gasteiger partial charge in [0, 0.05) is 12.5 Å². The van der Waals surface area contributed by atoms with Gasteiger partial charge < -0.3 is 16.2 Å². The summed E-state index contributed by atoms with van der Waals surface area (Å²) in [5.74, 6) is 0.617. The Bertz CT molecular complexity index is 363. The highest BCUT2D eigenvalue weighted by Gasteiger charge is 2.06. The first-order chi connectivity index (χ1) is 8.63. The number of carbonyl (C=O) groups is 1. The van der Waals surface area contributed by atoms with Crippen molar-refractivity contribution in [3.63, 3.8) is 0 Å². The highest BCUT2D eigenvalue weighted by molar-refractivity contribution is 5.73. The largest absolute Gasteiger partial charge is 0.494 e. The molecule has 18 heavy (non-hydrogen) atoms. The van der Waals surface area contributed by atoms with Crippen LogP contribution in [-0.2, 0) is 4.79 Å². The third-order valence-electron chi connectivity index (χ3n) is 2.81. The average molecular weight is 250 g/mol. The van der Waals surface area contributed by atoms with Gasteiger partial charge in [0.15, 0.2) is 0 Å². The predicted molar refractivity (Wildman–Crippen MR) is 72.2 cm³/mol. The standard InChI is InChI=1S/C14H22N2O2/c1-2-18-12-9-7-11(8-10-12)13(15)5-3-4-6-14(16)17/h7-10,13H,2-6,15H2,1H3,(H2,16,17). The van der Waals surface area contributed by atoms with E-state index in [1.807, 2.05) is 31.2 Å². The van der Waals surface area contributed by atoms with Gasteiger partial charge in [-0.05, 0) is 37.5 Å². The Morgan fingerprint density at radius 3 is 2.50 bits per heavy atom. The van der Waals surface area contributed by atoms with E-state index in [0.29, 0.717) is 13.0 Å². The van der Waals surface area contributed by atoms with Crippen molar-refractivity contribution in [1.82, 2.24) is 0 Å². The number of ether oxygens (including phenoxy) is 1. The summed E-state index contributed by atoms with van der Waals surface area (Å²) >= 11 is 0. The van der Waals surface area contributed by atoms with Crippen molar-refractivity contribution in [3.05, 3.63) is 29.8 Å². The third kappa shape index (κ3) is 5.19. The molecule has 1 unspecified atom stereocenters. The predicted octanol–water partition coefficient (Wildman–Crippen LogP) is 2.13. The summed E-state index contributed by atoms with van der Waals surface area (Å²) in [5.41, 5.74) is 12.3. The summed E-state index contributed by atoms with van der Waals surface area (Å²) in [6.07, 6.45) is 3.02. The average Bonchev–Trinajstić information content (AvgIpc) is 2.35. The Morgan fingerprint density at radius 1 is 1.28 bits per heavy atom.